The zero-order valence-corrected chi connectivity index (χ0v) is 8.78. The van der Waals surface area contributed by atoms with Crippen LogP contribution in [0.4, 0.5) is 20.2 Å². The van der Waals surface area contributed by atoms with Crippen LogP contribution in [0, 0.1) is 21.7 Å². The molecule has 0 radical (unpaired) electrons. The summed E-state index contributed by atoms with van der Waals surface area (Å²) in [5.74, 6) is -1.94. The van der Waals surface area contributed by atoms with Crippen molar-refractivity contribution in [1.82, 2.24) is 0 Å². The van der Waals surface area contributed by atoms with Gasteiger partial charge >= 0.3 is 0 Å². The Bertz CT molecular complexity index is 447. The molecule has 0 amide bonds. The molecular formula is C10H10F2N2O3. The Labute approximate surface area is 95.5 Å². The molecule has 1 saturated heterocycles. The number of halogens is 2. The molecule has 0 aromatic heterocycles. The molecule has 2 rings (SSSR count). The summed E-state index contributed by atoms with van der Waals surface area (Å²) >= 11 is 0. The lowest BCUT2D eigenvalue weighted by molar-refractivity contribution is -0.384. The highest BCUT2D eigenvalue weighted by molar-refractivity contribution is 5.63. The Kier molecular flexibility index (Phi) is 3.19. The first kappa shape index (κ1) is 11.7. The third-order valence-corrected chi connectivity index (χ3v) is 2.51. The van der Waals surface area contributed by atoms with Crippen LogP contribution in [0.3, 0.4) is 0 Å². The van der Waals surface area contributed by atoms with Crippen molar-refractivity contribution in [2.75, 3.05) is 18.5 Å². The number of rotatable bonds is 3. The number of hydrogen-bond acceptors (Lipinski definition) is 4. The fourth-order valence-electron chi connectivity index (χ4n) is 1.70. The van der Waals surface area contributed by atoms with Gasteiger partial charge in [0.1, 0.15) is 11.5 Å². The van der Waals surface area contributed by atoms with Gasteiger partial charge < -0.3 is 10.1 Å². The van der Waals surface area contributed by atoms with Gasteiger partial charge in [-0.15, -0.1) is 0 Å². The molecule has 92 valence electrons. The third kappa shape index (κ3) is 2.50. The van der Waals surface area contributed by atoms with Crippen molar-refractivity contribution < 1.29 is 18.4 Å². The summed E-state index contributed by atoms with van der Waals surface area (Å²) in [6.07, 6.45) is 0.633. The molecule has 1 fully saturated rings. The van der Waals surface area contributed by atoms with Gasteiger partial charge in [0.15, 0.2) is 5.82 Å². The number of nitro benzene ring substituents is 1. The molecule has 1 heterocycles. The van der Waals surface area contributed by atoms with Crippen LogP contribution >= 0.6 is 0 Å². The molecule has 0 aliphatic carbocycles. The van der Waals surface area contributed by atoms with Gasteiger partial charge in [0.05, 0.1) is 23.6 Å². The fraction of sp³-hybridized carbons (Fsp3) is 0.400. The maximum absolute atomic E-state index is 13.5. The topological polar surface area (TPSA) is 64.4 Å². The van der Waals surface area contributed by atoms with E-state index in [4.69, 9.17) is 4.74 Å². The zero-order chi connectivity index (χ0) is 12.4. The summed E-state index contributed by atoms with van der Waals surface area (Å²) in [4.78, 5) is 9.89. The summed E-state index contributed by atoms with van der Waals surface area (Å²) in [6, 6.07) is 1.13. The standard InChI is InChI=1S/C10H10F2N2O3/c11-6-3-8(12)10(9(4-6)14(15)16)13-7-1-2-17-5-7/h3-4,7,13H,1-2,5H2. The highest BCUT2D eigenvalue weighted by Crippen LogP contribution is 2.30. The van der Waals surface area contributed by atoms with E-state index in [9.17, 15) is 18.9 Å². The van der Waals surface area contributed by atoms with Crippen molar-refractivity contribution in [3.8, 4) is 0 Å². The normalized spacial score (nSPS) is 19.3. The predicted octanol–water partition coefficient (Wildman–Crippen LogP) is 2.07. The minimum atomic E-state index is -0.970. The maximum atomic E-state index is 13.5. The molecule has 0 saturated carbocycles. The first-order valence-corrected chi connectivity index (χ1v) is 5.05. The number of nitrogens with one attached hydrogen (secondary N) is 1. The summed E-state index contributed by atoms with van der Waals surface area (Å²) < 4.78 is 31.4. The second-order valence-electron chi connectivity index (χ2n) is 3.74. The lowest BCUT2D eigenvalue weighted by Crippen LogP contribution is -2.20. The molecule has 1 N–H and O–H groups in total. The van der Waals surface area contributed by atoms with Crippen LogP contribution < -0.4 is 5.32 Å². The maximum Gasteiger partial charge on any atom is 0.298 e. The van der Waals surface area contributed by atoms with Crippen molar-refractivity contribution >= 4 is 11.4 Å². The highest BCUT2D eigenvalue weighted by atomic mass is 19.1. The molecule has 17 heavy (non-hydrogen) atoms. The molecule has 7 heteroatoms. The van der Waals surface area contributed by atoms with Crippen LogP contribution in [-0.4, -0.2) is 24.2 Å². The van der Waals surface area contributed by atoms with E-state index in [1.807, 2.05) is 0 Å². The fourth-order valence-corrected chi connectivity index (χ4v) is 1.70. The molecule has 1 aromatic carbocycles. The Balaban J connectivity index is 2.33. The molecule has 1 aliphatic rings. The number of anilines is 1. The smallest absolute Gasteiger partial charge is 0.298 e. The van der Waals surface area contributed by atoms with E-state index in [-0.39, 0.29) is 11.7 Å². The van der Waals surface area contributed by atoms with Crippen molar-refractivity contribution in [2.24, 2.45) is 0 Å². The van der Waals surface area contributed by atoms with Gasteiger partial charge in [0, 0.05) is 12.7 Å². The van der Waals surface area contributed by atoms with E-state index in [1.165, 1.54) is 0 Å². The summed E-state index contributed by atoms with van der Waals surface area (Å²) in [5, 5.41) is 13.4. The Morgan fingerprint density at radius 3 is 2.82 bits per heavy atom. The second-order valence-corrected chi connectivity index (χ2v) is 3.74. The van der Waals surface area contributed by atoms with E-state index in [0.29, 0.717) is 31.8 Å². The Morgan fingerprint density at radius 1 is 1.47 bits per heavy atom. The van der Waals surface area contributed by atoms with Crippen LogP contribution in [0.1, 0.15) is 6.42 Å². The first-order chi connectivity index (χ1) is 8.08. The van der Waals surface area contributed by atoms with E-state index < -0.39 is 22.2 Å². The number of nitrogens with zero attached hydrogens (tertiary/aromatic N) is 1. The first-order valence-electron chi connectivity index (χ1n) is 5.05. The average Bonchev–Trinajstić information content (AvgIpc) is 2.74. The van der Waals surface area contributed by atoms with Gasteiger partial charge in [-0.3, -0.25) is 10.1 Å². The highest BCUT2D eigenvalue weighted by Gasteiger charge is 2.24. The average molecular weight is 244 g/mol. The van der Waals surface area contributed by atoms with Crippen LogP contribution in [0.25, 0.3) is 0 Å². The molecule has 1 aromatic rings. The van der Waals surface area contributed by atoms with E-state index in [0.717, 1.165) is 0 Å². The molecular weight excluding hydrogens is 234 g/mol. The van der Waals surface area contributed by atoms with Gasteiger partial charge in [-0.25, -0.2) is 8.78 Å². The molecule has 5 nitrogen and oxygen atoms in total. The predicted molar refractivity (Wildman–Crippen MR) is 55.9 cm³/mol. The summed E-state index contributed by atoms with van der Waals surface area (Å²) in [5.41, 5.74) is -0.888. The van der Waals surface area contributed by atoms with Crippen molar-refractivity contribution in [1.29, 1.82) is 0 Å². The lowest BCUT2D eigenvalue weighted by atomic mass is 10.2. The Morgan fingerprint density at radius 2 is 2.24 bits per heavy atom. The number of ether oxygens (including phenoxy) is 1. The molecule has 0 spiro atoms. The van der Waals surface area contributed by atoms with Crippen molar-refractivity contribution in [3.05, 3.63) is 33.9 Å². The van der Waals surface area contributed by atoms with E-state index >= 15 is 0 Å². The van der Waals surface area contributed by atoms with Gasteiger partial charge in [-0.2, -0.15) is 0 Å². The third-order valence-electron chi connectivity index (χ3n) is 2.51. The number of benzene rings is 1. The number of nitro groups is 1. The largest absolute Gasteiger partial charge is 0.379 e. The molecule has 1 unspecified atom stereocenters. The quantitative estimate of drug-likeness (QED) is 0.653. The molecule has 1 atom stereocenters. The van der Waals surface area contributed by atoms with Crippen molar-refractivity contribution in [2.45, 2.75) is 12.5 Å². The SMILES string of the molecule is O=[N+]([O-])c1cc(F)cc(F)c1NC1CCOC1. The minimum Gasteiger partial charge on any atom is -0.379 e. The Hall–Kier alpha value is -1.76. The monoisotopic (exact) mass is 244 g/mol. The molecule has 0 bridgehead atoms. The lowest BCUT2D eigenvalue weighted by Gasteiger charge is -2.13. The van der Waals surface area contributed by atoms with E-state index in [2.05, 4.69) is 5.32 Å². The van der Waals surface area contributed by atoms with Gasteiger partial charge in [-0.05, 0) is 6.42 Å². The van der Waals surface area contributed by atoms with Gasteiger partial charge in [0.2, 0.25) is 0 Å². The van der Waals surface area contributed by atoms with Gasteiger partial charge in [0.25, 0.3) is 5.69 Å². The summed E-state index contributed by atoms with van der Waals surface area (Å²) in [7, 11) is 0. The number of hydrogen-bond donors (Lipinski definition) is 1. The second kappa shape index (κ2) is 4.62. The van der Waals surface area contributed by atoms with Crippen LogP contribution in [0.15, 0.2) is 12.1 Å². The van der Waals surface area contributed by atoms with Crippen molar-refractivity contribution in [3.63, 3.8) is 0 Å². The minimum absolute atomic E-state index is 0.186. The van der Waals surface area contributed by atoms with Crippen LogP contribution in [0.5, 0.6) is 0 Å². The van der Waals surface area contributed by atoms with Crippen LogP contribution in [0.2, 0.25) is 0 Å². The molecule has 1 aliphatic heterocycles. The van der Waals surface area contributed by atoms with Crippen LogP contribution in [-0.2, 0) is 4.74 Å². The van der Waals surface area contributed by atoms with E-state index in [1.54, 1.807) is 0 Å². The summed E-state index contributed by atoms with van der Waals surface area (Å²) in [6.45, 7) is 0.877. The van der Waals surface area contributed by atoms with Gasteiger partial charge in [-0.1, -0.05) is 0 Å². The zero-order valence-electron chi connectivity index (χ0n) is 8.78.